The van der Waals surface area contributed by atoms with Crippen molar-refractivity contribution in [3.05, 3.63) is 23.8 Å². The maximum absolute atomic E-state index is 12.1. The van der Waals surface area contributed by atoms with E-state index in [4.69, 9.17) is 10.5 Å². The van der Waals surface area contributed by atoms with Crippen LogP contribution in [0.1, 0.15) is 30.6 Å². The van der Waals surface area contributed by atoms with Crippen LogP contribution in [0.2, 0.25) is 0 Å². The highest BCUT2D eigenvalue weighted by atomic mass is 16.5. The average molecular weight is 264 g/mol. The molecule has 104 valence electrons. The van der Waals surface area contributed by atoms with Gasteiger partial charge >= 0.3 is 0 Å². The molecular formula is C14H20N2O3. The first kappa shape index (κ1) is 13.7. The SMILES string of the molecule is COc1ccc(C(=O)NC2CC(O)C2(C)C)cc1N. The molecule has 1 aromatic rings. The lowest BCUT2D eigenvalue weighted by Gasteiger charge is -2.49. The predicted molar refractivity (Wildman–Crippen MR) is 73.1 cm³/mol. The number of aliphatic hydroxyl groups is 1. The molecule has 5 heteroatoms. The van der Waals surface area contributed by atoms with Crippen LogP contribution in [0.3, 0.4) is 0 Å². The van der Waals surface area contributed by atoms with Gasteiger partial charge in [0.1, 0.15) is 5.75 Å². The van der Waals surface area contributed by atoms with E-state index in [1.54, 1.807) is 18.2 Å². The Balaban J connectivity index is 2.07. The summed E-state index contributed by atoms with van der Waals surface area (Å²) in [5.41, 5.74) is 6.42. The molecule has 1 amide bonds. The minimum absolute atomic E-state index is 0.0154. The molecule has 2 atom stereocenters. The van der Waals surface area contributed by atoms with Gasteiger partial charge in [0.2, 0.25) is 0 Å². The predicted octanol–water partition coefficient (Wildman–Crippen LogP) is 1.17. The molecule has 0 aromatic heterocycles. The van der Waals surface area contributed by atoms with Crippen molar-refractivity contribution >= 4 is 11.6 Å². The molecule has 1 aliphatic rings. The fourth-order valence-corrected chi connectivity index (χ4v) is 2.26. The van der Waals surface area contributed by atoms with E-state index in [9.17, 15) is 9.90 Å². The smallest absolute Gasteiger partial charge is 0.251 e. The van der Waals surface area contributed by atoms with Crippen LogP contribution in [0.4, 0.5) is 5.69 Å². The molecule has 5 nitrogen and oxygen atoms in total. The van der Waals surface area contributed by atoms with Gasteiger partial charge in [0, 0.05) is 17.0 Å². The molecule has 2 unspecified atom stereocenters. The van der Waals surface area contributed by atoms with Crippen molar-refractivity contribution < 1.29 is 14.6 Å². The lowest BCUT2D eigenvalue weighted by molar-refractivity contribution is -0.0689. The third kappa shape index (κ3) is 2.38. The fraction of sp³-hybridized carbons (Fsp3) is 0.500. The second-order valence-electron chi connectivity index (χ2n) is 5.56. The molecule has 1 saturated carbocycles. The van der Waals surface area contributed by atoms with Gasteiger partial charge in [-0.2, -0.15) is 0 Å². The van der Waals surface area contributed by atoms with E-state index in [2.05, 4.69) is 5.32 Å². The monoisotopic (exact) mass is 264 g/mol. The van der Waals surface area contributed by atoms with Crippen LogP contribution in [0, 0.1) is 5.41 Å². The molecule has 19 heavy (non-hydrogen) atoms. The lowest BCUT2D eigenvalue weighted by Crippen LogP contribution is -2.61. The first-order valence-corrected chi connectivity index (χ1v) is 6.28. The van der Waals surface area contributed by atoms with Crippen LogP contribution in [-0.2, 0) is 0 Å². The van der Waals surface area contributed by atoms with E-state index >= 15 is 0 Å². The zero-order chi connectivity index (χ0) is 14.2. The van der Waals surface area contributed by atoms with Crippen molar-refractivity contribution in [1.82, 2.24) is 5.32 Å². The van der Waals surface area contributed by atoms with Gasteiger partial charge in [0.15, 0.2) is 0 Å². The van der Waals surface area contributed by atoms with Crippen molar-refractivity contribution in [3.8, 4) is 5.75 Å². The Hall–Kier alpha value is -1.75. The topological polar surface area (TPSA) is 84.6 Å². The van der Waals surface area contributed by atoms with Gasteiger partial charge in [-0.05, 0) is 24.6 Å². The number of methoxy groups -OCH3 is 1. The Morgan fingerprint density at radius 1 is 1.53 bits per heavy atom. The summed E-state index contributed by atoms with van der Waals surface area (Å²) < 4.78 is 5.05. The molecule has 0 bridgehead atoms. The number of amides is 1. The lowest BCUT2D eigenvalue weighted by atomic mass is 9.64. The number of aliphatic hydroxyl groups excluding tert-OH is 1. The Morgan fingerprint density at radius 2 is 2.21 bits per heavy atom. The second-order valence-corrected chi connectivity index (χ2v) is 5.56. The van der Waals surface area contributed by atoms with Crippen LogP contribution in [-0.4, -0.2) is 30.3 Å². The number of hydrogen-bond acceptors (Lipinski definition) is 4. The first-order chi connectivity index (χ1) is 8.86. The number of anilines is 1. The highest BCUT2D eigenvalue weighted by Crippen LogP contribution is 2.40. The van der Waals surface area contributed by atoms with Crippen LogP contribution >= 0.6 is 0 Å². The Kier molecular flexibility index (Phi) is 3.41. The molecule has 0 saturated heterocycles. The summed E-state index contributed by atoms with van der Waals surface area (Å²) in [6.07, 6.45) is 0.225. The highest BCUT2D eigenvalue weighted by Gasteiger charge is 2.47. The minimum Gasteiger partial charge on any atom is -0.495 e. The number of ether oxygens (including phenoxy) is 1. The summed E-state index contributed by atoms with van der Waals surface area (Å²) in [6, 6.07) is 4.92. The molecule has 0 heterocycles. The number of nitrogens with two attached hydrogens (primary N) is 1. The molecule has 4 N–H and O–H groups in total. The highest BCUT2D eigenvalue weighted by molar-refractivity contribution is 5.95. The average Bonchev–Trinajstić information content (AvgIpc) is 2.38. The molecule has 0 spiro atoms. The summed E-state index contributed by atoms with van der Waals surface area (Å²) in [6.45, 7) is 3.88. The van der Waals surface area contributed by atoms with Gasteiger partial charge in [0.25, 0.3) is 5.91 Å². The molecule has 0 aliphatic heterocycles. The zero-order valence-corrected chi connectivity index (χ0v) is 11.4. The van der Waals surface area contributed by atoms with Crippen molar-refractivity contribution in [2.45, 2.75) is 32.4 Å². The Morgan fingerprint density at radius 3 is 2.68 bits per heavy atom. The number of rotatable bonds is 3. The van der Waals surface area contributed by atoms with Crippen LogP contribution in [0.25, 0.3) is 0 Å². The second kappa shape index (κ2) is 4.74. The molecule has 2 rings (SSSR count). The van der Waals surface area contributed by atoms with E-state index in [1.165, 1.54) is 7.11 Å². The van der Waals surface area contributed by atoms with Crippen molar-refractivity contribution in [2.24, 2.45) is 5.41 Å². The van der Waals surface area contributed by atoms with Crippen molar-refractivity contribution in [3.63, 3.8) is 0 Å². The van der Waals surface area contributed by atoms with Gasteiger partial charge in [-0.25, -0.2) is 0 Å². The van der Waals surface area contributed by atoms with E-state index in [0.717, 1.165) is 0 Å². The van der Waals surface area contributed by atoms with E-state index in [0.29, 0.717) is 23.4 Å². The third-order valence-electron chi connectivity index (χ3n) is 4.01. The Labute approximate surface area is 112 Å². The fourth-order valence-electron chi connectivity index (χ4n) is 2.26. The van der Waals surface area contributed by atoms with Gasteiger partial charge in [0.05, 0.1) is 18.9 Å². The number of nitrogen functional groups attached to an aromatic ring is 1. The molecular weight excluding hydrogens is 244 g/mol. The Bertz CT molecular complexity index is 499. The number of benzene rings is 1. The summed E-state index contributed by atoms with van der Waals surface area (Å²) in [5, 5.41) is 12.6. The minimum atomic E-state index is -0.362. The molecule has 1 aromatic carbocycles. The van der Waals surface area contributed by atoms with Crippen molar-refractivity contribution in [2.75, 3.05) is 12.8 Å². The van der Waals surface area contributed by atoms with Gasteiger partial charge < -0.3 is 20.9 Å². The number of nitrogens with one attached hydrogen (secondary N) is 1. The van der Waals surface area contributed by atoms with Crippen LogP contribution in [0.15, 0.2) is 18.2 Å². The first-order valence-electron chi connectivity index (χ1n) is 6.28. The number of carbonyl (C=O) groups excluding carboxylic acids is 1. The quantitative estimate of drug-likeness (QED) is 0.715. The van der Waals surface area contributed by atoms with E-state index in [1.807, 2.05) is 13.8 Å². The van der Waals surface area contributed by atoms with Gasteiger partial charge in [-0.3, -0.25) is 4.79 Å². The normalized spacial score (nSPS) is 24.4. The number of hydrogen-bond donors (Lipinski definition) is 3. The molecule has 1 aliphatic carbocycles. The molecule has 1 fully saturated rings. The molecule has 0 radical (unpaired) electrons. The van der Waals surface area contributed by atoms with Gasteiger partial charge in [-0.1, -0.05) is 13.8 Å². The summed E-state index contributed by atoms with van der Waals surface area (Å²) in [7, 11) is 1.53. The van der Waals surface area contributed by atoms with Gasteiger partial charge in [-0.15, -0.1) is 0 Å². The third-order valence-corrected chi connectivity index (χ3v) is 4.01. The maximum atomic E-state index is 12.1. The van der Waals surface area contributed by atoms with Crippen molar-refractivity contribution in [1.29, 1.82) is 0 Å². The number of carbonyl (C=O) groups is 1. The summed E-state index contributed by atoms with van der Waals surface area (Å²) in [4.78, 5) is 12.1. The largest absolute Gasteiger partial charge is 0.495 e. The maximum Gasteiger partial charge on any atom is 0.251 e. The summed E-state index contributed by atoms with van der Waals surface area (Å²) in [5.74, 6) is 0.371. The van der Waals surface area contributed by atoms with Crippen LogP contribution in [0.5, 0.6) is 5.75 Å². The zero-order valence-electron chi connectivity index (χ0n) is 11.4. The van der Waals surface area contributed by atoms with E-state index < -0.39 is 0 Å². The standard InChI is InChI=1S/C14H20N2O3/c1-14(2)11(7-12(14)17)16-13(18)8-4-5-10(19-3)9(15)6-8/h4-6,11-12,17H,7,15H2,1-3H3,(H,16,18). The van der Waals surface area contributed by atoms with E-state index in [-0.39, 0.29) is 23.5 Å². The summed E-state index contributed by atoms with van der Waals surface area (Å²) >= 11 is 0. The van der Waals surface area contributed by atoms with Crippen LogP contribution < -0.4 is 15.8 Å².